The number of quaternary nitrogens is 2. The first-order chi connectivity index (χ1) is 60.2. The molecule has 0 aromatic heterocycles. The minimum Gasteiger partial charge on any atom is -1.00 e. The van der Waals surface area contributed by atoms with Gasteiger partial charge in [0.1, 0.15) is 39.5 Å². The van der Waals surface area contributed by atoms with E-state index in [0.29, 0.717) is 111 Å². The van der Waals surface area contributed by atoms with Crippen molar-refractivity contribution in [2.45, 2.75) is 110 Å². The maximum atomic E-state index is 12.9. The van der Waals surface area contributed by atoms with Gasteiger partial charge in [-0.2, -0.15) is 0 Å². The second-order valence-electron chi connectivity index (χ2n) is 30.4. The molecule has 704 valence electrons. The van der Waals surface area contributed by atoms with E-state index in [0.717, 1.165) is 89.3 Å². The number of nitrogens with one attached hydrogen (secondary N) is 4. The summed E-state index contributed by atoms with van der Waals surface area (Å²) in [4.78, 5) is 106. The number of rotatable bonds is 47. The minimum atomic E-state index is -3.74. The van der Waals surface area contributed by atoms with E-state index < -0.39 is 78.7 Å². The van der Waals surface area contributed by atoms with Gasteiger partial charge in [-0.05, 0) is 138 Å². The Morgan fingerprint density at radius 1 is 0.430 bits per heavy atom. The second kappa shape index (κ2) is 54.0. The number of nitrogens with two attached hydrogens (primary N) is 1. The van der Waals surface area contributed by atoms with E-state index in [1.807, 2.05) is 61.6 Å². The van der Waals surface area contributed by atoms with E-state index in [-0.39, 0.29) is 174 Å². The maximum Gasteiger partial charge on any atom is 0.358 e. The van der Waals surface area contributed by atoms with Gasteiger partial charge in [0.05, 0.1) is 129 Å². The number of carbonyl (C=O) groups is 8. The van der Waals surface area contributed by atoms with E-state index in [1.165, 1.54) is 9.80 Å². The molecule has 5 aliphatic heterocycles. The fourth-order valence-electron chi connectivity index (χ4n) is 14.4. The zero-order valence-corrected chi connectivity index (χ0v) is 79.3. The number of sulfonamides is 2. The van der Waals surface area contributed by atoms with Crippen LogP contribution in [-0.2, 0) is 135 Å². The molecular weight excluding hydrogens is 1900 g/mol. The third kappa shape index (κ3) is 33.9. The number of hydrogen-bond acceptors (Lipinski definition) is 26. The summed E-state index contributed by atoms with van der Waals surface area (Å²) in [6, 6.07) is 32.1. The lowest BCUT2D eigenvalue weighted by atomic mass is 9.85. The summed E-state index contributed by atoms with van der Waals surface area (Å²) < 4.78 is 125. The molecule has 0 saturated carbocycles. The molecule has 6 aromatic rings. The number of sulfone groups is 1. The minimum absolute atomic E-state index is 0. The fraction of sp³-hybridized carbons (Fsp3) is 0.482. The van der Waals surface area contributed by atoms with Crippen LogP contribution in [0.2, 0.25) is 30.1 Å². The molecule has 0 bridgehead atoms. The van der Waals surface area contributed by atoms with Crippen LogP contribution in [-0.4, -0.2) is 259 Å². The van der Waals surface area contributed by atoms with Crippen LogP contribution in [0, 0.1) is 0 Å². The lowest BCUT2D eigenvalue weighted by Gasteiger charge is -2.33. The standard InChI is InChI=1S/C50H62Cl4N4O11S2.C23H30Cl2N2O4S.C12H12N2O9.2ClH/c1-57-29-45(43-25-37(51)27-49(53)47(43)31-57)35-7-11-41(12-8-35)70(61,62)55-15-19-67-23-21-65-17-3-5-39(59)33-69-34-40(60)6-4-18-66-22-24-68-20-16-56-71(63,64)42-13-9-36(10-14-42)46-30-58(2)32-48-44(46)26-38(52)28-50(48)54;1-27-15-21(20-13-18(24)14-23(25)22(20)16-27)17-3-5-19(6-4-17)32(28,29)12-2-8-30-10-11-31-9-7-26;15-7-1-2-8(16)13(7)22-11(19)5-21-6-12(20)23-14-9(17)3-4-10(14)18;;/h7-14,25-28,45-46,55-56H,3-6,15-24,29-34H2,1-2H3;3-6,13-14,21H,2,7-12,15-16,26H2,1H3;1-6H2;2*1H/t45-,46-;21-;;;/m00.../s1. The molecule has 4 amide bonds. The van der Waals surface area contributed by atoms with Gasteiger partial charge in [0.2, 0.25) is 20.0 Å². The molecule has 128 heavy (non-hydrogen) atoms. The number of carbonyl (C=O) groups excluding carboxylic acids is 8. The summed E-state index contributed by atoms with van der Waals surface area (Å²) in [5, 5.41) is 4.38. The predicted molar refractivity (Wildman–Crippen MR) is 467 cm³/mol. The van der Waals surface area contributed by atoms with Gasteiger partial charge in [0.15, 0.2) is 21.4 Å². The van der Waals surface area contributed by atoms with Gasteiger partial charge in [-0.25, -0.2) is 44.3 Å². The monoisotopic (exact) mass is 2000 g/mol. The number of Topliss-reactive ketones (excluding diaryl/α,β-unsaturated/α-hetero) is 2. The molecule has 6 aromatic carbocycles. The molecule has 6 N–H and O–H groups in total. The van der Waals surface area contributed by atoms with Crippen molar-refractivity contribution in [3.63, 3.8) is 0 Å². The number of benzene rings is 6. The van der Waals surface area contributed by atoms with E-state index >= 15 is 0 Å². The highest BCUT2D eigenvalue weighted by atomic mass is 35.5. The van der Waals surface area contributed by atoms with Gasteiger partial charge < -0.3 is 92.8 Å². The van der Waals surface area contributed by atoms with Gasteiger partial charge in [-0.1, -0.05) is 106 Å². The first-order valence-electron chi connectivity index (χ1n) is 41.0. The molecule has 5 heterocycles. The molecule has 2 fully saturated rings. The number of imide groups is 2. The van der Waals surface area contributed by atoms with Crippen molar-refractivity contribution < 1.29 is 146 Å². The predicted octanol–water partition coefficient (Wildman–Crippen LogP) is 0.611. The zero-order valence-electron chi connectivity index (χ0n) is 70.8. The molecule has 2 unspecified atom stereocenters. The van der Waals surface area contributed by atoms with Crippen LogP contribution in [0.25, 0.3) is 0 Å². The van der Waals surface area contributed by atoms with Crippen molar-refractivity contribution in [1.82, 2.24) is 24.5 Å². The normalized spacial score (nSPS) is 17.4. The highest BCUT2D eigenvalue weighted by Crippen LogP contribution is 2.41. The number of ketones is 2. The quantitative estimate of drug-likeness (QED) is 0.0258. The molecule has 43 heteroatoms. The number of halogens is 8. The number of hydrogen-bond donors (Lipinski definition) is 5. The van der Waals surface area contributed by atoms with E-state index in [9.17, 15) is 63.6 Å². The Morgan fingerprint density at radius 3 is 1.16 bits per heavy atom. The molecule has 0 aliphatic carbocycles. The molecule has 0 spiro atoms. The van der Waals surface area contributed by atoms with Crippen LogP contribution in [0.3, 0.4) is 0 Å². The Morgan fingerprint density at radius 2 is 0.766 bits per heavy atom. The first-order valence-corrected chi connectivity index (χ1v) is 47.8. The smallest absolute Gasteiger partial charge is 0.358 e. The first kappa shape index (κ1) is 109. The van der Waals surface area contributed by atoms with Crippen LogP contribution in [0.1, 0.15) is 126 Å². The number of likely N-dealkylation sites (N-methyl/N-ethyl adjacent to an activating group) is 3. The van der Waals surface area contributed by atoms with Crippen LogP contribution in [0.15, 0.2) is 124 Å². The molecule has 32 nitrogen and oxygen atoms in total. The number of ether oxygens (including phenoxy) is 8. The van der Waals surface area contributed by atoms with Crippen LogP contribution < -0.4 is 49.8 Å². The average molecular weight is 2000 g/mol. The van der Waals surface area contributed by atoms with Crippen molar-refractivity contribution in [1.29, 1.82) is 0 Å². The summed E-state index contributed by atoms with van der Waals surface area (Å²) >= 11 is 38.4. The van der Waals surface area contributed by atoms with Crippen LogP contribution in [0.5, 0.6) is 0 Å². The van der Waals surface area contributed by atoms with Crippen molar-refractivity contribution in [2.24, 2.45) is 5.73 Å². The molecule has 2 saturated heterocycles. The number of amides is 4. The van der Waals surface area contributed by atoms with Gasteiger partial charge in [0.25, 0.3) is 23.6 Å². The lowest BCUT2D eigenvalue weighted by Crippen LogP contribution is -3.09. The lowest BCUT2D eigenvalue weighted by molar-refractivity contribution is -0.897. The Hall–Kier alpha value is -6.51. The SMILES string of the molecule is CN1Cc2c(Cl)cc(Cl)cc2[C@H](c2ccc(S(=O)(=O)CCCOCCOCCN)cc2)C1.C[NH+]1Cc2c(Cl)cc(Cl)cc2[C@H](c2ccc(S(=O)(=O)NCCOCCOCCCC(=O)COCC(=O)CCCOCCOCCNS(=O)(=O)c3ccc([C@@H]4C[NH+](C)Cc5c(Cl)cc(Cl)cc54)cc3)cc2)C1.O=C(COCC(=O)ON1C(=O)CCC1=O)ON1C(=O)CCC1=O.[Cl-].[Cl-]. The zero-order chi connectivity index (χ0) is 91.1. The maximum absolute atomic E-state index is 12.9. The summed E-state index contributed by atoms with van der Waals surface area (Å²) in [7, 11) is -4.60. The topological polar surface area (TPSA) is 400 Å². The summed E-state index contributed by atoms with van der Waals surface area (Å²) in [6.07, 6.45) is 1.70. The Bertz CT molecular complexity index is 4840. The molecule has 5 atom stereocenters. The van der Waals surface area contributed by atoms with Crippen LogP contribution >= 0.6 is 69.6 Å². The Labute approximate surface area is 787 Å². The molecule has 0 radical (unpaired) electrons. The second-order valence-corrected chi connectivity index (χ2v) is 38.6. The summed E-state index contributed by atoms with van der Waals surface area (Å²) in [6.45, 7) is 7.53. The highest BCUT2D eigenvalue weighted by molar-refractivity contribution is 7.91. The molecule has 5 aliphatic rings. The average Bonchev–Trinajstić information content (AvgIpc) is 1.03. The van der Waals surface area contributed by atoms with E-state index in [2.05, 4.69) is 42.9 Å². The molecule has 11 rings (SSSR count). The van der Waals surface area contributed by atoms with Crippen molar-refractivity contribution in [3.8, 4) is 0 Å². The molecular formula is C85H106Cl8N8O24S3. The highest BCUT2D eigenvalue weighted by Gasteiger charge is 2.37. The van der Waals surface area contributed by atoms with Gasteiger partial charge in [0, 0.05) is 128 Å². The Balaban J connectivity index is 0.000000321. The van der Waals surface area contributed by atoms with E-state index in [1.54, 1.807) is 54.6 Å². The third-order valence-corrected chi connectivity index (χ3v) is 27.0. The van der Waals surface area contributed by atoms with Gasteiger partial charge in [-0.3, -0.25) is 28.8 Å². The van der Waals surface area contributed by atoms with E-state index in [4.69, 9.17) is 108 Å². The summed E-state index contributed by atoms with van der Waals surface area (Å²) in [5.41, 5.74) is 14.8. The van der Waals surface area contributed by atoms with Crippen molar-refractivity contribution in [3.05, 3.63) is 189 Å². The fourth-order valence-corrected chi connectivity index (χ4v) is 19.5. The number of nitrogens with zero attached hydrogens (tertiary/aromatic N) is 3. The Kier molecular flexibility index (Phi) is 45.8. The number of fused-ring (bicyclic) bond motifs is 3. The largest absolute Gasteiger partial charge is 1.00 e. The van der Waals surface area contributed by atoms with Crippen LogP contribution in [0.4, 0.5) is 0 Å². The van der Waals surface area contributed by atoms with Crippen molar-refractivity contribution >= 4 is 147 Å². The number of hydroxylamine groups is 4. The van der Waals surface area contributed by atoms with Crippen molar-refractivity contribution in [2.75, 3.05) is 172 Å². The van der Waals surface area contributed by atoms with Gasteiger partial charge in [-0.15, -0.1) is 10.1 Å². The third-order valence-electron chi connectivity index (χ3n) is 20.5. The summed E-state index contributed by atoms with van der Waals surface area (Å²) in [5.74, 6) is -4.79. The van der Waals surface area contributed by atoms with Gasteiger partial charge >= 0.3 is 11.9 Å².